The number of ether oxygens (including phenoxy) is 2. The van der Waals surface area contributed by atoms with E-state index in [2.05, 4.69) is 15.3 Å². The summed E-state index contributed by atoms with van der Waals surface area (Å²) in [7, 11) is -2.73. The Balaban J connectivity index is 1.72. The Kier molecular flexibility index (Phi) is 8.80. The molecule has 1 amide bonds. The molecule has 0 spiro atoms. The minimum Gasteiger partial charge on any atom is -0.482 e. The van der Waals surface area contributed by atoms with Crippen molar-refractivity contribution in [2.75, 3.05) is 24.6 Å². The average Bonchev–Trinajstić information content (AvgIpc) is 2.87. The molecule has 0 aliphatic carbocycles. The molecule has 9 nitrogen and oxygen atoms in total. The number of sulfonamides is 1. The summed E-state index contributed by atoms with van der Waals surface area (Å²) in [4.78, 5) is 23.9. The summed E-state index contributed by atoms with van der Waals surface area (Å²) in [5.74, 6) is -0.632. The highest BCUT2D eigenvalue weighted by molar-refractivity contribution is 7.92. The average molecular weight is 510 g/mol. The van der Waals surface area contributed by atoms with Crippen LogP contribution in [0.25, 0.3) is 0 Å². The second-order valence-corrected chi connectivity index (χ2v) is 9.70. The molecule has 0 atom stereocenters. The third-order valence-corrected chi connectivity index (χ3v) is 6.92. The molecule has 1 N–H and O–H groups in total. The number of anilines is 1. The van der Waals surface area contributed by atoms with E-state index in [0.717, 1.165) is 9.87 Å². The number of nitrogens with one attached hydrogen (secondary N) is 1. The number of nitrogens with zero attached hydrogens (tertiary/aromatic N) is 2. The Morgan fingerprint density at radius 2 is 1.64 bits per heavy atom. The highest BCUT2D eigenvalue weighted by Gasteiger charge is 2.28. The van der Waals surface area contributed by atoms with E-state index in [4.69, 9.17) is 4.74 Å². The first-order valence-electron chi connectivity index (χ1n) is 11.0. The molecule has 0 saturated heterocycles. The standard InChI is InChI=1S/C26H27N3O6S/c1-19-8-14-23(15-9-19)36(32,33)29(24-7-5-4-6-20(24)2)17-25(30)28-27-16-21-10-12-22(13-11-21)35-18-26(31)34-3/h4-16H,17-18H2,1-3H3,(H,28,30)/b27-16-. The van der Waals surface area contributed by atoms with Crippen molar-refractivity contribution in [1.82, 2.24) is 5.43 Å². The SMILES string of the molecule is COC(=O)COc1ccc(/C=N\NC(=O)CN(c2ccccc2C)S(=O)(=O)c2ccc(C)cc2)cc1. The Morgan fingerprint density at radius 1 is 0.972 bits per heavy atom. The zero-order valence-corrected chi connectivity index (χ0v) is 21.0. The van der Waals surface area contributed by atoms with Gasteiger partial charge in [-0.25, -0.2) is 18.6 Å². The minimum absolute atomic E-state index is 0.0853. The molecule has 0 bridgehead atoms. The van der Waals surface area contributed by atoms with Gasteiger partial charge in [-0.3, -0.25) is 9.10 Å². The number of hydrogen-bond donors (Lipinski definition) is 1. The van der Waals surface area contributed by atoms with Gasteiger partial charge in [0.15, 0.2) is 6.61 Å². The molecule has 0 fully saturated rings. The Bertz CT molecular complexity index is 1340. The number of aryl methyl sites for hydroxylation is 2. The lowest BCUT2D eigenvalue weighted by Gasteiger charge is -2.25. The number of benzene rings is 3. The number of para-hydroxylation sites is 1. The largest absolute Gasteiger partial charge is 0.482 e. The smallest absolute Gasteiger partial charge is 0.343 e. The van der Waals surface area contributed by atoms with Gasteiger partial charge in [-0.15, -0.1) is 0 Å². The highest BCUT2D eigenvalue weighted by atomic mass is 32.2. The molecule has 188 valence electrons. The summed E-state index contributed by atoms with van der Waals surface area (Å²) in [5, 5.41) is 3.93. The lowest BCUT2D eigenvalue weighted by Crippen LogP contribution is -2.40. The zero-order chi connectivity index (χ0) is 26.1. The normalized spacial score (nSPS) is 11.2. The fraction of sp³-hybridized carbons (Fsp3) is 0.192. The number of carbonyl (C=O) groups excluding carboxylic acids is 2. The first kappa shape index (κ1) is 26.4. The van der Waals surface area contributed by atoms with Crippen molar-refractivity contribution in [1.29, 1.82) is 0 Å². The molecule has 0 unspecified atom stereocenters. The van der Waals surface area contributed by atoms with E-state index >= 15 is 0 Å². The number of methoxy groups -OCH3 is 1. The zero-order valence-electron chi connectivity index (χ0n) is 20.2. The van der Waals surface area contributed by atoms with Gasteiger partial charge in [-0.05, 0) is 67.4 Å². The second kappa shape index (κ2) is 12.0. The van der Waals surface area contributed by atoms with Crippen LogP contribution in [0.1, 0.15) is 16.7 Å². The summed E-state index contributed by atoms with van der Waals surface area (Å²) < 4.78 is 37.7. The number of esters is 1. The van der Waals surface area contributed by atoms with Crippen molar-refractivity contribution < 1.29 is 27.5 Å². The molecule has 0 radical (unpaired) electrons. The number of carbonyl (C=O) groups is 2. The lowest BCUT2D eigenvalue weighted by molar-refractivity contribution is -0.142. The molecule has 0 heterocycles. The number of rotatable bonds is 10. The van der Waals surface area contributed by atoms with Crippen LogP contribution in [0.2, 0.25) is 0 Å². The van der Waals surface area contributed by atoms with Crippen LogP contribution in [-0.2, 0) is 24.3 Å². The summed E-state index contributed by atoms with van der Waals surface area (Å²) in [5.41, 5.74) is 5.07. The van der Waals surface area contributed by atoms with Crippen molar-refractivity contribution in [2.45, 2.75) is 18.7 Å². The summed E-state index contributed by atoms with van der Waals surface area (Å²) >= 11 is 0. The van der Waals surface area contributed by atoms with Crippen LogP contribution >= 0.6 is 0 Å². The van der Waals surface area contributed by atoms with E-state index in [1.165, 1.54) is 25.5 Å². The summed E-state index contributed by atoms with van der Waals surface area (Å²) in [6.45, 7) is 2.98. The van der Waals surface area contributed by atoms with Gasteiger partial charge in [0.2, 0.25) is 0 Å². The van der Waals surface area contributed by atoms with Gasteiger partial charge in [-0.1, -0.05) is 35.9 Å². The molecule has 10 heteroatoms. The molecule has 0 aromatic heterocycles. The van der Waals surface area contributed by atoms with Crippen molar-refractivity contribution >= 4 is 33.8 Å². The molecule has 0 saturated carbocycles. The van der Waals surface area contributed by atoms with Crippen LogP contribution in [-0.4, -0.2) is 46.8 Å². The fourth-order valence-corrected chi connectivity index (χ4v) is 4.66. The first-order valence-corrected chi connectivity index (χ1v) is 12.4. The van der Waals surface area contributed by atoms with Crippen LogP contribution in [0.15, 0.2) is 82.8 Å². The van der Waals surface area contributed by atoms with Crippen LogP contribution in [0.4, 0.5) is 5.69 Å². The number of hydrazone groups is 1. The van der Waals surface area contributed by atoms with Crippen LogP contribution in [0.5, 0.6) is 5.75 Å². The van der Waals surface area contributed by atoms with E-state index < -0.39 is 28.4 Å². The quantitative estimate of drug-likeness (QED) is 0.255. The van der Waals surface area contributed by atoms with E-state index in [1.54, 1.807) is 67.6 Å². The van der Waals surface area contributed by atoms with Crippen molar-refractivity contribution in [3.05, 3.63) is 89.5 Å². The van der Waals surface area contributed by atoms with Gasteiger partial charge in [0, 0.05) is 0 Å². The van der Waals surface area contributed by atoms with Crippen LogP contribution in [0, 0.1) is 13.8 Å². The molecule has 3 aromatic rings. The van der Waals surface area contributed by atoms with E-state index in [9.17, 15) is 18.0 Å². The molecular formula is C26H27N3O6S. The predicted molar refractivity (Wildman–Crippen MR) is 137 cm³/mol. The topological polar surface area (TPSA) is 114 Å². The van der Waals surface area contributed by atoms with Crippen molar-refractivity contribution in [2.24, 2.45) is 5.10 Å². The van der Waals surface area contributed by atoms with Gasteiger partial charge in [-0.2, -0.15) is 5.10 Å². The van der Waals surface area contributed by atoms with E-state index in [1.807, 2.05) is 6.92 Å². The fourth-order valence-electron chi connectivity index (χ4n) is 3.18. The Hall–Kier alpha value is -4.18. The maximum atomic E-state index is 13.4. The summed E-state index contributed by atoms with van der Waals surface area (Å²) in [6.07, 6.45) is 1.41. The molecular weight excluding hydrogens is 482 g/mol. The predicted octanol–water partition coefficient (Wildman–Crippen LogP) is 3.20. The lowest BCUT2D eigenvalue weighted by atomic mass is 10.2. The Labute approximate surface area is 210 Å². The van der Waals surface area contributed by atoms with Crippen LogP contribution < -0.4 is 14.5 Å². The maximum Gasteiger partial charge on any atom is 0.343 e. The molecule has 0 aliphatic heterocycles. The van der Waals surface area contributed by atoms with Gasteiger partial charge in [0.05, 0.1) is 23.9 Å². The van der Waals surface area contributed by atoms with Crippen molar-refractivity contribution in [3.63, 3.8) is 0 Å². The van der Waals surface area contributed by atoms with Gasteiger partial charge in [0.1, 0.15) is 12.3 Å². The summed E-state index contributed by atoms with van der Waals surface area (Å²) in [6, 6.07) is 20.0. The molecule has 3 aromatic carbocycles. The Morgan fingerprint density at radius 3 is 2.28 bits per heavy atom. The van der Waals surface area contributed by atoms with Gasteiger partial charge in [0.25, 0.3) is 15.9 Å². The van der Waals surface area contributed by atoms with E-state index in [0.29, 0.717) is 22.6 Å². The van der Waals surface area contributed by atoms with E-state index in [-0.39, 0.29) is 11.5 Å². The van der Waals surface area contributed by atoms with Crippen molar-refractivity contribution in [3.8, 4) is 5.75 Å². The number of amides is 1. The van der Waals surface area contributed by atoms with Gasteiger partial charge < -0.3 is 9.47 Å². The van der Waals surface area contributed by atoms with Crippen LogP contribution in [0.3, 0.4) is 0 Å². The molecule has 0 aliphatic rings. The number of hydrogen-bond acceptors (Lipinski definition) is 7. The highest BCUT2D eigenvalue weighted by Crippen LogP contribution is 2.26. The molecule has 3 rings (SSSR count). The first-order chi connectivity index (χ1) is 17.2. The van der Waals surface area contributed by atoms with Gasteiger partial charge >= 0.3 is 5.97 Å². The minimum atomic E-state index is -4.01. The molecule has 36 heavy (non-hydrogen) atoms. The second-order valence-electron chi connectivity index (χ2n) is 7.84. The third-order valence-electron chi connectivity index (χ3n) is 5.15. The third kappa shape index (κ3) is 6.92. The monoisotopic (exact) mass is 509 g/mol. The maximum absolute atomic E-state index is 13.4.